The van der Waals surface area contributed by atoms with Gasteiger partial charge in [-0.2, -0.15) is 5.26 Å². The van der Waals surface area contributed by atoms with Gasteiger partial charge in [-0.25, -0.2) is 0 Å². The van der Waals surface area contributed by atoms with Crippen LogP contribution in [0.2, 0.25) is 0 Å². The van der Waals surface area contributed by atoms with Gasteiger partial charge < -0.3 is 4.90 Å². The zero-order valence-electron chi connectivity index (χ0n) is 11.3. The van der Waals surface area contributed by atoms with E-state index in [1.807, 2.05) is 30.1 Å². The maximum absolute atomic E-state index is 8.68. The van der Waals surface area contributed by atoms with E-state index in [0.29, 0.717) is 0 Å². The van der Waals surface area contributed by atoms with Gasteiger partial charge in [-0.05, 0) is 38.8 Å². The highest BCUT2D eigenvalue weighted by Crippen LogP contribution is 2.15. The van der Waals surface area contributed by atoms with E-state index in [0.717, 1.165) is 30.1 Å². The lowest BCUT2D eigenvalue weighted by molar-refractivity contribution is 0.672. The van der Waals surface area contributed by atoms with Crippen molar-refractivity contribution in [2.24, 2.45) is 4.99 Å². The molecule has 3 heteroatoms. The van der Waals surface area contributed by atoms with Crippen LogP contribution in [0.3, 0.4) is 0 Å². The molecule has 0 atom stereocenters. The number of rotatable bonds is 4. The molecule has 1 heterocycles. The molecule has 0 radical (unpaired) electrons. The molecule has 0 fully saturated rings. The topological polar surface area (TPSA) is 39.4 Å². The molecule has 0 N–H and O–H groups in total. The number of allylic oxidation sites excluding steroid dienone is 4. The molecule has 18 heavy (non-hydrogen) atoms. The first kappa shape index (κ1) is 14.0. The molecule has 0 saturated carbocycles. The third-order valence-corrected chi connectivity index (χ3v) is 2.67. The third-order valence-electron chi connectivity index (χ3n) is 2.67. The molecule has 94 valence electrons. The van der Waals surface area contributed by atoms with E-state index >= 15 is 0 Å². The summed E-state index contributed by atoms with van der Waals surface area (Å²) >= 11 is 0. The second kappa shape index (κ2) is 6.61. The van der Waals surface area contributed by atoms with Crippen LogP contribution in [-0.4, -0.2) is 17.3 Å². The summed E-state index contributed by atoms with van der Waals surface area (Å²) in [7, 11) is 0. The molecular weight excluding hydrogens is 222 g/mol. The minimum atomic E-state index is 0.720. The Morgan fingerprint density at radius 1 is 1.56 bits per heavy atom. The van der Waals surface area contributed by atoms with Crippen LogP contribution in [0, 0.1) is 11.3 Å². The smallest absolute Gasteiger partial charge is 0.105 e. The molecule has 3 nitrogen and oxygen atoms in total. The molecule has 0 saturated heterocycles. The summed E-state index contributed by atoms with van der Waals surface area (Å²) < 4.78 is 0. The fourth-order valence-electron chi connectivity index (χ4n) is 1.61. The molecule has 0 aliphatic carbocycles. The van der Waals surface area contributed by atoms with Gasteiger partial charge in [0, 0.05) is 17.5 Å². The van der Waals surface area contributed by atoms with Crippen LogP contribution in [0.1, 0.15) is 27.2 Å². The van der Waals surface area contributed by atoms with Gasteiger partial charge in [-0.1, -0.05) is 18.7 Å². The van der Waals surface area contributed by atoms with Crippen molar-refractivity contribution in [2.45, 2.75) is 27.2 Å². The van der Waals surface area contributed by atoms with E-state index < -0.39 is 0 Å². The lowest BCUT2D eigenvalue weighted by Gasteiger charge is -2.25. The predicted molar refractivity (Wildman–Crippen MR) is 75.8 cm³/mol. The zero-order valence-corrected chi connectivity index (χ0v) is 11.3. The summed E-state index contributed by atoms with van der Waals surface area (Å²) in [6.45, 7) is 10.4. The van der Waals surface area contributed by atoms with Crippen molar-refractivity contribution in [1.29, 1.82) is 5.26 Å². The Kier molecular flexibility index (Phi) is 5.13. The molecular formula is C15H19N3. The van der Waals surface area contributed by atoms with E-state index in [2.05, 4.69) is 30.8 Å². The number of hydrogen-bond donors (Lipinski definition) is 0. The van der Waals surface area contributed by atoms with Gasteiger partial charge in [0.15, 0.2) is 0 Å². The van der Waals surface area contributed by atoms with Crippen LogP contribution in [0.4, 0.5) is 0 Å². The van der Waals surface area contributed by atoms with Crippen LogP contribution in [0.25, 0.3) is 0 Å². The van der Waals surface area contributed by atoms with Gasteiger partial charge in [0.2, 0.25) is 0 Å². The lowest BCUT2D eigenvalue weighted by atomic mass is 10.2. The van der Waals surface area contributed by atoms with Crippen molar-refractivity contribution >= 4 is 5.84 Å². The largest absolute Gasteiger partial charge is 0.306 e. The van der Waals surface area contributed by atoms with Crippen molar-refractivity contribution in [3.8, 4) is 6.07 Å². The zero-order chi connectivity index (χ0) is 13.5. The maximum atomic E-state index is 8.68. The quantitative estimate of drug-likeness (QED) is 0.557. The van der Waals surface area contributed by atoms with E-state index in [1.54, 1.807) is 6.92 Å². The van der Waals surface area contributed by atoms with Crippen molar-refractivity contribution in [3.63, 3.8) is 0 Å². The van der Waals surface area contributed by atoms with Gasteiger partial charge in [-0.3, -0.25) is 4.99 Å². The Bertz CT molecular complexity index is 484. The van der Waals surface area contributed by atoms with E-state index in [9.17, 15) is 0 Å². The van der Waals surface area contributed by atoms with Crippen molar-refractivity contribution in [2.75, 3.05) is 6.54 Å². The fourth-order valence-corrected chi connectivity index (χ4v) is 1.61. The molecule has 0 bridgehead atoms. The average molecular weight is 241 g/mol. The minimum Gasteiger partial charge on any atom is -0.306 e. The highest BCUT2D eigenvalue weighted by molar-refractivity contribution is 5.84. The molecule has 0 aromatic heterocycles. The first-order chi connectivity index (χ1) is 8.58. The summed E-state index contributed by atoms with van der Waals surface area (Å²) in [6, 6.07) is 2.11. The Morgan fingerprint density at radius 3 is 2.89 bits per heavy atom. The summed E-state index contributed by atoms with van der Waals surface area (Å²) in [4.78, 5) is 6.47. The highest BCUT2D eigenvalue weighted by atomic mass is 15.2. The minimum absolute atomic E-state index is 0.720. The molecule has 0 amide bonds. The standard InChI is InChI=1S/C15H19N3/c1-5-15(8-6-7-12(2)9-16)18-11-13(3)10-17-14(18)4/h5,7-8,11H,1,6,10H2,2-4H3/b12-7?,15-8+. The maximum Gasteiger partial charge on any atom is 0.105 e. The van der Waals surface area contributed by atoms with E-state index in [4.69, 9.17) is 5.26 Å². The Morgan fingerprint density at radius 2 is 2.28 bits per heavy atom. The van der Waals surface area contributed by atoms with Crippen LogP contribution >= 0.6 is 0 Å². The van der Waals surface area contributed by atoms with Crippen LogP contribution in [-0.2, 0) is 0 Å². The predicted octanol–water partition coefficient (Wildman–Crippen LogP) is 3.55. The summed E-state index contributed by atoms with van der Waals surface area (Å²) in [6.07, 6.45) is 8.55. The van der Waals surface area contributed by atoms with Gasteiger partial charge in [-0.15, -0.1) is 0 Å². The van der Waals surface area contributed by atoms with Gasteiger partial charge in [0.25, 0.3) is 0 Å². The molecule has 0 spiro atoms. The summed E-state index contributed by atoms with van der Waals surface area (Å²) in [5.41, 5.74) is 2.94. The Balaban J connectivity index is 2.87. The monoisotopic (exact) mass is 241 g/mol. The van der Waals surface area contributed by atoms with Gasteiger partial charge >= 0.3 is 0 Å². The summed E-state index contributed by atoms with van der Waals surface area (Å²) in [5, 5.41) is 8.68. The van der Waals surface area contributed by atoms with Gasteiger partial charge in [0.05, 0.1) is 12.6 Å². The van der Waals surface area contributed by atoms with Gasteiger partial charge in [0.1, 0.15) is 5.84 Å². The van der Waals surface area contributed by atoms with Crippen molar-refractivity contribution in [1.82, 2.24) is 4.90 Å². The van der Waals surface area contributed by atoms with Crippen LogP contribution in [0.15, 0.2) is 52.8 Å². The molecule has 1 aliphatic rings. The molecule has 0 aromatic carbocycles. The number of hydrogen-bond acceptors (Lipinski definition) is 3. The van der Waals surface area contributed by atoms with E-state index in [1.165, 1.54) is 5.57 Å². The first-order valence-electron chi connectivity index (χ1n) is 5.95. The SMILES string of the molecule is C=C/C(=C\CC=C(C)C#N)N1C=C(C)CN=C1C. The first-order valence-corrected chi connectivity index (χ1v) is 5.95. The van der Waals surface area contributed by atoms with Crippen LogP contribution < -0.4 is 0 Å². The second-order valence-electron chi connectivity index (χ2n) is 4.28. The second-order valence-corrected chi connectivity index (χ2v) is 4.28. The Labute approximate surface area is 109 Å². The number of amidine groups is 1. The molecule has 1 aliphatic heterocycles. The fraction of sp³-hybridized carbons (Fsp3) is 0.333. The van der Waals surface area contributed by atoms with Crippen molar-refractivity contribution in [3.05, 3.63) is 47.9 Å². The molecule has 0 unspecified atom stereocenters. The van der Waals surface area contributed by atoms with Crippen molar-refractivity contribution < 1.29 is 0 Å². The lowest BCUT2D eigenvalue weighted by Crippen LogP contribution is -2.25. The normalized spacial score (nSPS) is 16.9. The summed E-state index contributed by atoms with van der Waals surface area (Å²) in [5.74, 6) is 0.965. The van der Waals surface area contributed by atoms with Crippen LogP contribution in [0.5, 0.6) is 0 Å². The number of nitriles is 1. The van der Waals surface area contributed by atoms with E-state index in [-0.39, 0.29) is 0 Å². The number of nitrogens with zero attached hydrogens (tertiary/aromatic N) is 3. The molecule has 1 rings (SSSR count). The number of aliphatic imine (C=N–C) groups is 1. The average Bonchev–Trinajstić information content (AvgIpc) is 2.37. The highest BCUT2D eigenvalue weighted by Gasteiger charge is 2.11. The Hall–Kier alpha value is -2.08. The third kappa shape index (κ3) is 3.74. The molecule has 0 aromatic rings.